The molecule has 3 rings (SSSR count). The van der Waals surface area contributed by atoms with Crippen LogP contribution in [0.3, 0.4) is 0 Å². The van der Waals surface area contributed by atoms with Gasteiger partial charge in [0.15, 0.2) is 5.52 Å². The van der Waals surface area contributed by atoms with Crippen molar-refractivity contribution in [2.24, 2.45) is 0 Å². The molecule has 0 unspecified atom stereocenters. The highest BCUT2D eigenvalue weighted by atomic mass is 16.6. The third-order valence-corrected chi connectivity index (χ3v) is 3.48. The molecule has 0 bridgehead atoms. The average molecular weight is 281 g/mol. The van der Waals surface area contributed by atoms with Crippen LogP contribution in [0.25, 0.3) is 11.0 Å². The Labute approximate surface area is 114 Å². The molecule has 0 spiro atoms. The number of hydrogen-bond acceptors (Lipinski definition) is 7. The molecule has 1 fully saturated rings. The molecule has 0 radical (unpaired) electrons. The van der Waals surface area contributed by atoms with Crippen LogP contribution in [-0.2, 0) is 4.74 Å². The quantitative estimate of drug-likeness (QED) is 0.576. The van der Waals surface area contributed by atoms with Gasteiger partial charge in [0.1, 0.15) is 35.7 Å². The summed E-state index contributed by atoms with van der Waals surface area (Å²) < 4.78 is 10.6. The summed E-state index contributed by atoms with van der Waals surface area (Å²) in [6.07, 6.45) is -2.43. The number of nitrogens with one attached hydrogen (secondary N) is 1. The maximum atomic E-state index is 10.0. The molecule has 0 aromatic carbocycles. The first kappa shape index (κ1) is 13.3. The molecule has 8 heteroatoms. The Balaban J connectivity index is 2.03. The van der Waals surface area contributed by atoms with Gasteiger partial charge in [0.25, 0.3) is 0 Å². The first-order chi connectivity index (χ1) is 9.67. The number of fused-ring (bicyclic) bond motifs is 1. The van der Waals surface area contributed by atoms with Gasteiger partial charge in [-0.1, -0.05) is 0 Å². The zero-order valence-corrected chi connectivity index (χ0v) is 10.7. The lowest BCUT2D eigenvalue weighted by atomic mass is 10.1. The van der Waals surface area contributed by atoms with Gasteiger partial charge in [-0.2, -0.15) is 5.10 Å². The van der Waals surface area contributed by atoms with Crippen LogP contribution in [0.5, 0.6) is 5.75 Å². The van der Waals surface area contributed by atoms with Crippen molar-refractivity contribution in [3.05, 3.63) is 18.0 Å². The molecule has 4 N–H and O–H groups in total. The number of aliphatic hydroxyl groups excluding tert-OH is 3. The minimum Gasteiger partial charge on any atom is -0.494 e. The maximum absolute atomic E-state index is 10.0. The minimum atomic E-state index is -1.16. The predicted octanol–water partition coefficient (Wildman–Crippen LogP) is -0.880. The Morgan fingerprint density at radius 2 is 2.15 bits per heavy atom. The standard InChI is InChI=1S/C12H15N3O5/c1-19-5-2-3-13-8-7(5)14-15-9(8)12-11(18)10(17)6(4-16)20-12/h2-3,6,10-12,16-18H,4H2,1H3,(H,14,15)/t6-,10-,11-,12+/m1/s1. The van der Waals surface area contributed by atoms with E-state index < -0.39 is 24.4 Å². The van der Waals surface area contributed by atoms with Crippen LogP contribution >= 0.6 is 0 Å². The summed E-state index contributed by atoms with van der Waals surface area (Å²) in [4.78, 5) is 4.20. The summed E-state index contributed by atoms with van der Waals surface area (Å²) in [6.45, 7) is -0.377. The topological polar surface area (TPSA) is 121 Å². The lowest BCUT2D eigenvalue weighted by molar-refractivity contribution is -0.0236. The van der Waals surface area contributed by atoms with E-state index in [2.05, 4.69) is 15.2 Å². The van der Waals surface area contributed by atoms with E-state index in [0.29, 0.717) is 22.5 Å². The summed E-state index contributed by atoms with van der Waals surface area (Å²) >= 11 is 0. The number of nitrogens with zero attached hydrogens (tertiary/aromatic N) is 2. The van der Waals surface area contributed by atoms with Crippen molar-refractivity contribution in [3.63, 3.8) is 0 Å². The molecule has 1 aliphatic rings. The number of aromatic amines is 1. The minimum absolute atomic E-state index is 0.377. The first-order valence-electron chi connectivity index (χ1n) is 6.16. The van der Waals surface area contributed by atoms with Crippen LogP contribution in [0.4, 0.5) is 0 Å². The predicted molar refractivity (Wildman–Crippen MR) is 67.2 cm³/mol. The maximum Gasteiger partial charge on any atom is 0.153 e. The number of pyridine rings is 1. The zero-order chi connectivity index (χ0) is 14.3. The summed E-state index contributed by atoms with van der Waals surface area (Å²) in [5.74, 6) is 0.546. The number of H-pyrrole nitrogens is 1. The molecule has 3 heterocycles. The van der Waals surface area contributed by atoms with E-state index in [4.69, 9.17) is 14.6 Å². The molecule has 20 heavy (non-hydrogen) atoms. The Bertz CT molecular complexity index is 616. The van der Waals surface area contributed by atoms with Crippen molar-refractivity contribution in [1.29, 1.82) is 0 Å². The molecule has 8 nitrogen and oxygen atoms in total. The van der Waals surface area contributed by atoms with Gasteiger partial charge in [-0.05, 0) is 0 Å². The van der Waals surface area contributed by atoms with Crippen molar-refractivity contribution in [1.82, 2.24) is 15.2 Å². The molecule has 108 valence electrons. The fraction of sp³-hybridized carbons (Fsp3) is 0.500. The smallest absolute Gasteiger partial charge is 0.153 e. The average Bonchev–Trinajstić information content (AvgIpc) is 3.01. The van der Waals surface area contributed by atoms with Crippen molar-refractivity contribution in [3.8, 4) is 5.75 Å². The molecule has 1 saturated heterocycles. The molecule has 0 saturated carbocycles. The van der Waals surface area contributed by atoms with E-state index in [1.807, 2.05) is 0 Å². The Kier molecular flexibility index (Phi) is 3.30. The highest BCUT2D eigenvalue weighted by Crippen LogP contribution is 2.36. The van der Waals surface area contributed by atoms with Crippen molar-refractivity contribution in [2.75, 3.05) is 13.7 Å². The highest BCUT2D eigenvalue weighted by Gasteiger charge is 2.44. The van der Waals surface area contributed by atoms with Crippen molar-refractivity contribution in [2.45, 2.75) is 24.4 Å². The third-order valence-electron chi connectivity index (χ3n) is 3.48. The molecular formula is C12H15N3O5. The number of methoxy groups -OCH3 is 1. The molecule has 4 atom stereocenters. The van der Waals surface area contributed by atoms with Gasteiger partial charge in [-0.15, -0.1) is 0 Å². The van der Waals surface area contributed by atoms with E-state index >= 15 is 0 Å². The summed E-state index contributed by atoms with van der Waals surface area (Å²) in [7, 11) is 1.52. The van der Waals surface area contributed by atoms with Crippen LogP contribution in [-0.4, -0.2) is 62.5 Å². The van der Waals surface area contributed by atoms with E-state index in [1.54, 1.807) is 12.3 Å². The number of hydrogen-bond donors (Lipinski definition) is 4. The van der Waals surface area contributed by atoms with Crippen LogP contribution < -0.4 is 4.74 Å². The molecule has 0 aliphatic carbocycles. The molecule has 0 amide bonds. The van der Waals surface area contributed by atoms with Crippen LogP contribution in [0.2, 0.25) is 0 Å². The third kappa shape index (κ3) is 1.85. The van der Waals surface area contributed by atoms with E-state index in [9.17, 15) is 10.2 Å². The molecular weight excluding hydrogens is 266 g/mol. The largest absolute Gasteiger partial charge is 0.494 e. The van der Waals surface area contributed by atoms with Crippen LogP contribution in [0.1, 0.15) is 11.8 Å². The van der Waals surface area contributed by atoms with E-state index in [1.165, 1.54) is 7.11 Å². The van der Waals surface area contributed by atoms with Gasteiger partial charge in [0.05, 0.1) is 19.4 Å². The summed E-state index contributed by atoms with van der Waals surface area (Å²) in [5, 5.41) is 35.8. The SMILES string of the molecule is COc1ccnc2c([C@@H]3O[C@H](CO)[C@@H](O)[C@H]3O)[nH]nc12. The number of aliphatic hydroxyl groups is 3. The lowest BCUT2D eigenvalue weighted by Gasteiger charge is -2.12. The van der Waals surface area contributed by atoms with Crippen LogP contribution in [0.15, 0.2) is 12.3 Å². The number of rotatable bonds is 3. The van der Waals surface area contributed by atoms with Gasteiger partial charge in [0, 0.05) is 12.3 Å². The van der Waals surface area contributed by atoms with Crippen molar-refractivity contribution < 1.29 is 24.8 Å². The van der Waals surface area contributed by atoms with Gasteiger partial charge in [0.2, 0.25) is 0 Å². The van der Waals surface area contributed by atoms with Gasteiger partial charge >= 0.3 is 0 Å². The van der Waals surface area contributed by atoms with Crippen molar-refractivity contribution >= 4 is 11.0 Å². The lowest BCUT2D eigenvalue weighted by Crippen LogP contribution is -2.32. The highest BCUT2D eigenvalue weighted by molar-refractivity contribution is 5.83. The second-order valence-electron chi connectivity index (χ2n) is 4.61. The summed E-state index contributed by atoms with van der Waals surface area (Å²) in [6, 6.07) is 1.67. The van der Waals surface area contributed by atoms with Gasteiger partial charge in [-0.3, -0.25) is 10.1 Å². The Morgan fingerprint density at radius 1 is 1.35 bits per heavy atom. The number of ether oxygens (including phenoxy) is 2. The summed E-state index contributed by atoms with van der Waals surface area (Å²) in [5.41, 5.74) is 1.46. The number of aromatic nitrogens is 3. The second-order valence-corrected chi connectivity index (χ2v) is 4.61. The fourth-order valence-electron chi connectivity index (χ4n) is 2.41. The molecule has 1 aliphatic heterocycles. The normalized spacial score (nSPS) is 30.0. The fourth-order valence-corrected chi connectivity index (χ4v) is 2.41. The molecule has 2 aromatic heterocycles. The second kappa shape index (κ2) is 4.98. The first-order valence-corrected chi connectivity index (χ1v) is 6.16. The Morgan fingerprint density at radius 3 is 2.80 bits per heavy atom. The monoisotopic (exact) mass is 281 g/mol. The van der Waals surface area contributed by atoms with Gasteiger partial charge in [-0.25, -0.2) is 0 Å². The Hall–Kier alpha value is -1.74. The van der Waals surface area contributed by atoms with Crippen LogP contribution in [0, 0.1) is 0 Å². The molecule has 2 aromatic rings. The zero-order valence-electron chi connectivity index (χ0n) is 10.7. The van der Waals surface area contributed by atoms with Gasteiger partial charge < -0.3 is 24.8 Å². The van der Waals surface area contributed by atoms with E-state index in [-0.39, 0.29) is 6.61 Å². The van der Waals surface area contributed by atoms with E-state index in [0.717, 1.165) is 0 Å².